The second-order valence-corrected chi connectivity index (χ2v) is 9.50. The largest absolute Gasteiger partial charge is 0.300 e. The maximum absolute atomic E-state index is 14.0. The molecule has 7 nitrogen and oxygen atoms in total. The maximum Gasteiger partial charge on any atom is 0.243 e. The van der Waals surface area contributed by atoms with E-state index in [0.717, 1.165) is 17.3 Å². The zero-order valence-corrected chi connectivity index (χ0v) is 17.5. The van der Waals surface area contributed by atoms with Crippen LogP contribution in [-0.4, -0.2) is 42.2 Å². The van der Waals surface area contributed by atoms with Crippen LogP contribution in [0.15, 0.2) is 23.1 Å². The number of sulfonamides is 1. The quantitative estimate of drug-likeness (QED) is 0.765. The number of halogens is 1. The lowest BCUT2D eigenvalue weighted by molar-refractivity contribution is -0.118. The first-order chi connectivity index (χ1) is 13.7. The molecule has 9 heteroatoms. The molecule has 0 bridgehead atoms. The van der Waals surface area contributed by atoms with Crippen molar-refractivity contribution in [2.75, 3.05) is 18.5 Å². The molecular weight excluding hydrogens is 395 g/mol. The van der Waals surface area contributed by atoms with E-state index in [1.165, 1.54) is 21.3 Å². The molecule has 0 radical (unpaired) electrons. The molecule has 0 N–H and O–H groups in total. The van der Waals surface area contributed by atoms with Crippen LogP contribution in [0.1, 0.15) is 47.9 Å². The minimum atomic E-state index is -3.90. The lowest BCUT2D eigenvalue weighted by Crippen LogP contribution is -2.35. The van der Waals surface area contributed by atoms with Gasteiger partial charge in [-0.3, -0.25) is 9.69 Å². The lowest BCUT2D eigenvalue weighted by atomic mass is 10.0. The number of hydrogen-bond acceptors (Lipinski definition) is 5. The van der Waals surface area contributed by atoms with Gasteiger partial charge in [0.2, 0.25) is 15.9 Å². The fourth-order valence-electron chi connectivity index (χ4n) is 3.99. The van der Waals surface area contributed by atoms with Gasteiger partial charge >= 0.3 is 0 Å². The minimum absolute atomic E-state index is 0.0208. The number of anilines is 1. The average Bonchev–Trinajstić information content (AvgIpc) is 3.17. The van der Waals surface area contributed by atoms with Crippen molar-refractivity contribution < 1.29 is 17.6 Å². The van der Waals surface area contributed by atoms with Crippen molar-refractivity contribution in [2.24, 2.45) is 0 Å². The monoisotopic (exact) mass is 418 g/mol. The summed E-state index contributed by atoms with van der Waals surface area (Å²) in [5.41, 5.74) is 2.07. The summed E-state index contributed by atoms with van der Waals surface area (Å²) in [5, 5.41) is 0. The molecule has 154 valence electrons. The van der Waals surface area contributed by atoms with Gasteiger partial charge in [0.15, 0.2) is 0 Å². The second-order valence-electron chi connectivity index (χ2n) is 7.61. The van der Waals surface area contributed by atoms with E-state index in [9.17, 15) is 17.6 Å². The van der Waals surface area contributed by atoms with Gasteiger partial charge in [0, 0.05) is 31.3 Å². The molecule has 1 aromatic heterocycles. The van der Waals surface area contributed by atoms with Crippen molar-refractivity contribution in [2.45, 2.75) is 50.5 Å². The van der Waals surface area contributed by atoms with Gasteiger partial charge in [-0.2, -0.15) is 4.31 Å². The predicted molar refractivity (Wildman–Crippen MR) is 106 cm³/mol. The molecule has 0 aliphatic carbocycles. The number of hydrogen-bond donors (Lipinski definition) is 0. The van der Waals surface area contributed by atoms with Gasteiger partial charge in [-0.1, -0.05) is 6.07 Å². The van der Waals surface area contributed by atoms with E-state index >= 15 is 0 Å². The lowest BCUT2D eigenvalue weighted by Gasteiger charge is -2.28. The molecule has 1 saturated heterocycles. The Balaban J connectivity index is 1.75. The molecule has 29 heavy (non-hydrogen) atoms. The van der Waals surface area contributed by atoms with Gasteiger partial charge in [0.1, 0.15) is 17.5 Å². The van der Waals surface area contributed by atoms with Crippen molar-refractivity contribution >= 4 is 21.7 Å². The highest BCUT2D eigenvalue weighted by molar-refractivity contribution is 7.89. The molecule has 3 heterocycles. The summed E-state index contributed by atoms with van der Waals surface area (Å²) in [4.78, 5) is 22.7. The first-order valence-corrected chi connectivity index (χ1v) is 11.1. The highest BCUT2D eigenvalue weighted by Crippen LogP contribution is 2.37. The number of amides is 1. The third kappa shape index (κ3) is 3.32. The van der Waals surface area contributed by atoms with Gasteiger partial charge < -0.3 is 0 Å². The molecule has 2 aliphatic rings. The SMILES string of the molecule is Cc1ccc(S(=O)(=O)N2CCCC2c2nc(C)c3c(n2)N(C)C(=O)CC3)cc1F. The fraction of sp³-hybridized carbons (Fsp3) is 0.450. The Hall–Kier alpha value is -2.39. The van der Waals surface area contributed by atoms with Crippen molar-refractivity contribution in [1.82, 2.24) is 14.3 Å². The number of nitrogens with zero attached hydrogens (tertiary/aromatic N) is 4. The minimum Gasteiger partial charge on any atom is -0.300 e. The smallest absolute Gasteiger partial charge is 0.243 e. The van der Waals surface area contributed by atoms with Crippen LogP contribution in [0, 0.1) is 19.7 Å². The van der Waals surface area contributed by atoms with Crippen molar-refractivity contribution in [3.05, 3.63) is 46.7 Å². The molecule has 4 rings (SSSR count). The molecule has 1 amide bonds. The number of carbonyl (C=O) groups is 1. The summed E-state index contributed by atoms with van der Waals surface area (Å²) in [6, 6.07) is 3.41. The molecule has 0 saturated carbocycles. The Bertz CT molecular complexity index is 1100. The zero-order valence-electron chi connectivity index (χ0n) is 16.6. The van der Waals surface area contributed by atoms with E-state index in [0.29, 0.717) is 49.4 Å². The summed E-state index contributed by atoms with van der Waals surface area (Å²) >= 11 is 0. The molecule has 2 aliphatic heterocycles. The molecule has 1 fully saturated rings. The van der Waals surface area contributed by atoms with E-state index in [4.69, 9.17) is 0 Å². The normalized spacial score (nSPS) is 20.2. The number of carbonyl (C=O) groups excluding carboxylic acids is 1. The molecule has 0 spiro atoms. The van der Waals surface area contributed by atoms with E-state index < -0.39 is 21.9 Å². The van der Waals surface area contributed by atoms with Crippen LogP contribution < -0.4 is 4.90 Å². The summed E-state index contributed by atoms with van der Waals surface area (Å²) in [6.07, 6.45) is 2.23. The van der Waals surface area contributed by atoms with Crippen LogP contribution in [0.4, 0.5) is 10.2 Å². The summed E-state index contributed by atoms with van der Waals surface area (Å²) < 4.78 is 41.8. The van der Waals surface area contributed by atoms with Crippen LogP contribution >= 0.6 is 0 Å². The fourth-order valence-corrected chi connectivity index (χ4v) is 5.66. The van der Waals surface area contributed by atoms with Crippen molar-refractivity contribution in [3.8, 4) is 0 Å². The number of benzene rings is 1. The number of aryl methyl sites for hydroxylation is 2. The highest BCUT2D eigenvalue weighted by Gasteiger charge is 2.39. The Morgan fingerprint density at radius 2 is 1.93 bits per heavy atom. The van der Waals surface area contributed by atoms with Crippen molar-refractivity contribution in [1.29, 1.82) is 0 Å². The summed E-state index contributed by atoms with van der Waals surface area (Å²) in [6.45, 7) is 3.76. The van der Waals surface area contributed by atoms with Crippen LogP contribution in [0.2, 0.25) is 0 Å². The molecule has 2 aromatic rings. The van der Waals surface area contributed by atoms with Crippen LogP contribution in [0.3, 0.4) is 0 Å². The summed E-state index contributed by atoms with van der Waals surface area (Å²) in [7, 11) is -2.23. The standard InChI is InChI=1S/C20H23FN4O3S/c1-12-6-7-14(11-16(12)21)29(27,28)25-10-4-5-17(25)19-22-13(2)15-8-9-18(26)24(3)20(15)23-19/h6-7,11,17H,4-5,8-10H2,1-3H3. The molecule has 1 aromatic carbocycles. The third-order valence-electron chi connectivity index (χ3n) is 5.74. The van der Waals surface area contributed by atoms with Gasteiger partial charge in [-0.25, -0.2) is 22.8 Å². The number of fused-ring (bicyclic) bond motifs is 1. The Morgan fingerprint density at radius 1 is 1.17 bits per heavy atom. The topological polar surface area (TPSA) is 83.5 Å². The van der Waals surface area contributed by atoms with Crippen LogP contribution in [0.25, 0.3) is 0 Å². The summed E-state index contributed by atoms with van der Waals surface area (Å²) in [5.74, 6) is 0.362. The van der Waals surface area contributed by atoms with Gasteiger partial charge in [0.25, 0.3) is 0 Å². The second kappa shape index (κ2) is 7.14. The molecular formula is C20H23FN4O3S. The molecule has 1 atom stereocenters. The third-order valence-corrected chi connectivity index (χ3v) is 7.65. The van der Waals surface area contributed by atoms with Gasteiger partial charge in [-0.15, -0.1) is 0 Å². The Labute approximate surface area is 169 Å². The van der Waals surface area contributed by atoms with E-state index in [1.54, 1.807) is 14.0 Å². The highest BCUT2D eigenvalue weighted by atomic mass is 32.2. The van der Waals surface area contributed by atoms with Crippen LogP contribution in [-0.2, 0) is 21.2 Å². The number of rotatable bonds is 3. The Kier molecular flexibility index (Phi) is 4.90. The maximum atomic E-state index is 14.0. The van der Waals surface area contributed by atoms with E-state index in [2.05, 4.69) is 9.97 Å². The molecule has 1 unspecified atom stereocenters. The van der Waals surface area contributed by atoms with Gasteiger partial charge in [0.05, 0.1) is 10.9 Å². The van der Waals surface area contributed by atoms with Crippen molar-refractivity contribution in [3.63, 3.8) is 0 Å². The van der Waals surface area contributed by atoms with Crippen LogP contribution in [0.5, 0.6) is 0 Å². The average molecular weight is 418 g/mol. The first-order valence-electron chi connectivity index (χ1n) is 9.62. The van der Waals surface area contributed by atoms with E-state index in [-0.39, 0.29) is 10.8 Å². The van der Waals surface area contributed by atoms with Gasteiger partial charge in [-0.05, 0) is 50.8 Å². The Morgan fingerprint density at radius 3 is 2.66 bits per heavy atom. The van der Waals surface area contributed by atoms with E-state index in [1.807, 2.05) is 6.92 Å². The predicted octanol–water partition coefficient (Wildman–Crippen LogP) is 2.67. The zero-order chi connectivity index (χ0) is 20.9. The number of aromatic nitrogens is 2. The first kappa shape index (κ1) is 19.9.